The van der Waals surface area contributed by atoms with Gasteiger partial charge in [0.1, 0.15) is 0 Å². The Kier molecular flexibility index (Phi) is 6.11. The predicted molar refractivity (Wildman–Crippen MR) is 121 cm³/mol. The van der Waals surface area contributed by atoms with E-state index in [9.17, 15) is 8.42 Å². The highest BCUT2D eigenvalue weighted by Gasteiger charge is 2.24. The fraction of sp³-hybridized carbons (Fsp3) is 0.429. The first-order chi connectivity index (χ1) is 15.3. The standard InChI is InChI=1S/C21H27N7O3S/c1-13(2)32(29,30)16-5-3-15(4-6-16)17-12-24-19(23)18(25-17)20-26-27-21(31-20)28-9-7-14(11-22)8-10-28/h3-6,12-14H,7-11,22H2,1-2H3,(H2,23,24). The van der Waals surface area contributed by atoms with E-state index in [0.717, 1.165) is 25.9 Å². The molecule has 3 heterocycles. The lowest BCUT2D eigenvalue weighted by Crippen LogP contribution is -2.36. The molecule has 170 valence electrons. The molecule has 1 aromatic carbocycles. The van der Waals surface area contributed by atoms with Gasteiger partial charge in [0.15, 0.2) is 21.3 Å². The van der Waals surface area contributed by atoms with Gasteiger partial charge >= 0.3 is 6.01 Å². The molecule has 4 N–H and O–H groups in total. The third-order valence-corrected chi connectivity index (χ3v) is 7.91. The van der Waals surface area contributed by atoms with Gasteiger partial charge in [-0.15, -0.1) is 5.10 Å². The second kappa shape index (κ2) is 8.83. The van der Waals surface area contributed by atoms with Crippen LogP contribution in [-0.2, 0) is 9.84 Å². The van der Waals surface area contributed by atoms with Gasteiger partial charge in [0.2, 0.25) is 0 Å². The minimum Gasteiger partial charge on any atom is -0.401 e. The van der Waals surface area contributed by atoms with Crippen molar-refractivity contribution < 1.29 is 12.8 Å². The molecule has 4 rings (SSSR count). The van der Waals surface area contributed by atoms with E-state index in [1.807, 2.05) is 4.90 Å². The fourth-order valence-electron chi connectivity index (χ4n) is 3.58. The number of nitrogens with two attached hydrogens (primary N) is 2. The van der Waals surface area contributed by atoms with Crippen molar-refractivity contribution in [2.45, 2.75) is 36.8 Å². The number of sulfone groups is 1. The molecule has 0 bridgehead atoms. The maximum atomic E-state index is 12.3. The lowest BCUT2D eigenvalue weighted by Gasteiger charge is -2.29. The van der Waals surface area contributed by atoms with Crippen LogP contribution < -0.4 is 16.4 Å². The van der Waals surface area contributed by atoms with Gasteiger partial charge in [-0.3, -0.25) is 0 Å². The summed E-state index contributed by atoms with van der Waals surface area (Å²) >= 11 is 0. The van der Waals surface area contributed by atoms with Crippen molar-refractivity contribution in [1.82, 2.24) is 20.2 Å². The van der Waals surface area contributed by atoms with E-state index in [-0.39, 0.29) is 22.3 Å². The smallest absolute Gasteiger partial charge is 0.318 e. The minimum absolute atomic E-state index is 0.171. The molecular formula is C21H27N7O3S. The molecule has 1 aliphatic rings. The normalized spacial score (nSPS) is 15.4. The zero-order chi connectivity index (χ0) is 22.9. The molecule has 0 aliphatic carbocycles. The van der Waals surface area contributed by atoms with Crippen molar-refractivity contribution in [2.24, 2.45) is 11.7 Å². The predicted octanol–water partition coefficient (Wildman–Crippen LogP) is 2.13. The van der Waals surface area contributed by atoms with Crippen LogP contribution in [-0.4, -0.2) is 53.5 Å². The minimum atomic E-state index is -3.35. The van der Waals surface area contributed by atoms with Crippen LogP contribution in [0.5, 0.6) is 0 Å². The molecule has 11 heteroatoms. The van der Waals surface area contributed by atoms with Crippen LogP contribution in [0.4, 0.5) is 11.8 Å². The summed E-state index contributed by atoms with van der Waals surface area (Å²) < 4.78 is 30.5. The number of nitrogens with zero attached hydrogens (tertiary/aromatic N) is 5. The third kappa shape index (κ3) is 4.30. The monoisotopic (exact) mass is 457 g/mol. The third-order valence-electron chi connectivity index (χ3n) is 5.74. The van der Waals surface area contributed by atoms with E-state index in [1.165, 1.54) is 6.20 Å². The first kappa shape index (κ1) is 22.2. The Balaban J connectivity index is 1.58. The molecule has 0 amide bonds. The fourth-order valence-corrected chi connectivity index (χ4v) is 4.64. The maximum absolute atomic E-state index is 12.3. The number of nitrogen functional groups attached to an aromatic ring is 1. The molecular weight excluding hydrogens is 430 g/mol. The van der Waals surface area contributed by atoms with Gasteiger partial charge in [-0.1, -0.05) is 17.2 Å². The van der Waals surface area contributed by atoms with E-state index in [0.29, 0.717) is 29.7 Å². The van der Waals surface area contributed by atoms with Gasteiger partial charge in [-0.25, -0.2) is 18.4 Å². The summed E-state index contributed by atoms with van der Waals surface area (Å²) in [4.78, 5) is 11.1. The lowest BCUT2D eigenvalue weighted by atomic mass is 9.97. The number of aromatic nitrogens is 4. The van der Waals surface area contributed by atoms with Crippen LogP contribution in [0.2, 0.25) is 0 Å². The summed E-state index contributed by atoms with van der Waals surface area (Å²) in [6.07, 6.45) is 3.49. The summed E-state index contributed by atoms with van der Waals surface area (Å²) in [6, 6.07) is 6.95. The van der Waals surface area contributed by atoms with Gasteiger partial charge in [-0.05, 0) is 51.3 Å². The molecule has 0 saturated carbocycles. The van der Waals surface area contributed by atoms with Crippen LogP contribution in [0.3, 0.4) is 0 Å². The summed E-state index contributed by atoms with van der Waals surface area (Å²) in [6.45, 7) is 5.60. The molecule has 10 nitrogen and oxygen atoms in total. The zero-order valence-electron chi connectivity index (χ0n) is 18.1. The van der Waals surface area contributed by atoms with Gasteiger partial charge in [0, 0.05) is 18.7 Å². The van der Waals surface area contributed by atoms with Gasteiger partial charge in [-0.2, -0.15) is 0 Å². The highest BCUT2D eigenvalue weighted by atomic mass is 32.2. The topological polar surface area (TPSA) is 154 Å². The van der Waals surface area contributed by atoms with Crippen molar-refractivity contribution in [3.05, 3.63) is 30.5 Å². The SMILES string of the molecule is CC(C)S(=O)(=O)c1ccc(-c2cnc(N)c(-c3nnc(N4CCC(CN)CC4)o3)n2)cc1. The molecule has 2 aromatic heterocycles. The van der Waals surface area contributed by atoms with Crippen molar-refractivity contribution in [1.29, 1.82) is 0 Å². The second-order valence-corrected chi connectivity index (χ2v) is 10.7. The Labute approximate surface area is 187 Å². The molecule has 3 aromatic rings. The number of hydrogen-bond acceptors (Lipinski definition) is 10. The molecule has 1 fully saturated rings. The van der Waals surface area contributed by atoms with Crippen molar-refractivity contribution >= 4 is 21.7 Å². The average molecular weight is 458 g/mol. The van der Waals surface area contributed by atoms with Crippen LogP contribution >= 0.6 is 0 Å². The number of rotatable bonds is 6. The quantitative estimate of drug-likeness (QED) is 0.562. The second-order valence-electron chi connectivity index (χ2n) is 8.16. The van der Waals surface area contributed by atoms with E-state index < -0.39 is 15.1 Å². The largest absolute Gasteiger partial charge is 0.401 e. The van der Waals surface area contributed by atoms with Crippen molar-refractivity contribution in [3.8, 4) is 22.8 Å². The molecule has 32 heavy (non-hydrogen) atoms. The molecule has 1 saturated heterocycles. The van der Waals surface area contributed by atoms with E-state index >= 15 is 0 Å². The zero-order valence-corrected chi connectivity index (χ0v) is 18.9. The molecule has 0 unspecified atom stereocenters. The molecule has 0 spiro atoms. The number of hydrogen-bond donors (Lipinski definition) is 2. The van der Waals surface area contributed by atoms with Crippen molar-refractivity contribution in [2.75, 3.05) is 30.3 Å². The highest BCUT2D eigenvalue weighted by Crippen LogP contribution is 2.29. The van der Waals surface area contributed by atoms with Crippen molar-refractivity contribution in [3.63, 3.8) is 0 Å². The Hall–Kier alpha value is -3.05. The van der Waals surface area contributed by atoms with Crippen LogP contribution in [0.15, 0.2) is 39.8 Å². The first-order valence-electron chi connectivity index (χ1n) is 10.6. The van der Waals surface area contributed by atoms with Gasteiger partial charge < -0.3 is 20.8 Å². The summed E-state index contributed by atoms with van der Waals surface area (Å²) in [5.41, 5.74) is 13.3. The van der Waals surface area contributed by atoms with Gasteiger partial charge in [0.05, 0.1) is 22.0 Å². The molecule has 1 aliphatic heterocycles. The first-order valence-corrected chi connectivity index (χ1v) is 12.1. The van der Waals surface area contributed by atoms with Gasteiger partial charge in [0.25, 0.3) is 5.89 Å². The van der Waals surface area contributed by atoms with Crippen LogP contribution in [0.25, 0.3) is 22.8 Å². The Bertz CT molecular complexity index is 1180. The number of anilines is 2. The lowest BCUT2D eigenvalue weighted by molar-refractivity contribution is 0.396. The van der Waals surface area contributed by atoms with Crippen LogP contribution in [0.1, 0.15) is 26.7 Å². The Morgan fingerprint density at radius 1 is 1.16 bits per heavy atom. The Morgan fingerprint density at radius 2 is 1.84 bits per heavy atom. The Morgan fingerprint density at radius 3 is 2.47 bits per heavy atom. The molecule has 0 radical (unpaired) electrons. The average Bonchev–Trinajstić information content (AvgIpc) is 3.29. The van der Waals surface area contributed by atoms with E-state index in [2.05, 4.69) is 20.2 Å². The summed E-state index contributed by atoms with van der Waals surface area (Å²) in [5.74, 6) is 0.880. The van der Waals surface area contributed by atoms with E-state index in [4.69, 9.17) is 15.9 Å². The summed E-state index contributed by atoms with van der Waals surface area (Å²) in [7, 11) is -3.35. The van der Waals surface area contributed by atoms with E-state index in [1.54, 1.807) is 38.1 Å². The number of piperidine rings is 1. The summed E-state index contributed by atoms with van der Waals surface area (Å²) in [5, 5.41) is 7.77. The maximum Gasteiger partial charge on any atom is 0.318 e. The number of benzene rings is 1. The molecule has 0 atom stereocenters. The highest BCUT2D eigenvalue weighted by molar-refractivity contribution is 7.92. The van der Waals surface area contributed by atoms with Crippen LogP contribution in [0, 0.1) is 5.92 Å².